The Balaban J connectivity index is 4.52. The van der Waals surface area contributed by atoms with Gasteiger partial charge in [-0.15, -0.1) is 0 Å². The van der Waals surface area contributed by atoms with E-state index in [9.17, 15) is 14.4 Å². The van der Waals surface area contributed by atoms with Gasteiger partial charge in [0.25, 0.3) is 0 Å². The zero-order valence-corrected chi connectivity index (χ0v) is 16.9. The summed E-state index contributed by atoms with van der Waals surface area (Å²) < 4.78 is 5.82. The Morgan fingerprint density at radius 2 is 1.76 bits per heavy atom. The second-order valence-electron chi connectivity index (χ2n) is 8.20. The number of aldehydes is 1. The lowest BCUT2D eigenvalue weighted by Gasteiger charge is -2.33. The first-order chi connectivity index (χ1) is 11.6. The van der Waals surface area contributed by atoms with E-state index in [0.717, 1.165) is 32.0 Å². The van der Waals surface area contributed by atoms with Crippen molar-refractivity contribution in [3.8, 4) is 0 Å². The van der Waals surface area contributed by atoms with Crippen molar-refractivity contribution >= 4 is 18.2 Å². The molecule has 0 spiro atoms. The largest absolute Gasteiger partial charge is 0.462 e. The summed E-state index contributed by atoms with van der Waals surface area (Å²) in [5.41, 5.74) is -0.132. The van der Waals surface area contributed by atoms with Gasteiger partial charge in [0.15, 0.2) is 0 Å². The summed E-state index contributed by atoms with van der Waals surface area (Å²) in [5.74, 6) is 0.0824. The van der Waals surface area contributed by atoms with Gasteiger partial charge in [-0.2, -0.15) is 0 Å². The minimum absolute atomic E-state index is 0.0650. The second-order valence-corrected chi connectivity index (χ2v) is 8.20. The van der Waals surface area contributed by atoms with Crippen LogP contribution in [0.4, 0.5) is 0 Å². The third kappa shape index (κ3) is 11.0. The van der Waals surface area contributed by atoms with Gasteiger partial charge in [-0.25, -0.2) is 0 Å². The van der Waals surface area contributed by atoms with Crippen molar-refractivity contribution in [2.24, 2.45) is 17.3 Å². The molecule has 0 bridgehead atoms. The SMILES string of the molecule is CNC(=O)CCC[C@@H](C)C[C@@H](OC(=O)[C@H](C)CCCC=O)C(C)(C)C. The Labute approximate surface area is 153 Å². The van der Waals surface area contributed by atoms with Crippen molar-refractivity contribution in [3.05, 3.63) is 0 Å². The molecule has 0 heterocycles. The van der Waals surface area contributed by atoms with Crippen molar-refractivity contribution in [1.29, 1.82) is 0 Å². The first kappa shape index (κ1) is 23.6. The lowest BCUT2D eigenvalue weighted by molar-refractivity contribution is -0.160. The van der Waals surface area contributed by atoms with Gasteiger partial charge in [0.05, 0.1) is 5.92 Å². The number of carbonyl (C=O) groups excluding carboxylic acids is 3. The number of esters is 1. The molecule has 0 aliphatic heterocycles. The van der Waals surface area contributed by atoms with E-state index in [2.05, 4.69) is 33.0 Å². The summed E-state index contributed by atoms with van der Waals surface area (Å²) in [5, 5.41) is 2.63. The van der Waals surface area contributed by atoms with Crippen LogP contribution in [0.15, 0.2) is 0 Å². The highest BCUT2D eigenvalue weighted by Crippen LogP contribution is 2.30. The molecule has 0 aromatic heterocycles. The maximum Gasteiger partial charge on any atom is 0.308 e. The van der Waals surface area contributed by atoms with Gasteiger partial charge in [0.2, 0.25) is 5.91 Å². The van der Waals surface area contributed by atoms with Crippen LogP contribution in [-0.2, 0) is 19.1 Å². The number of unbranched alkanes of at least 4 members (excludes halogenated alkanes) is 1. The summed E-state index contributed by atoms with van der Waals surface area (Å²) in [6, 6.07) is 0. The Bertz CT molecular complexity index is 414. The van der Waals surface area contributed by atoms with E-state index in [0.29, 0.717) is 25.2 Å². The number of carbonyl (C=O) groups is 3. The molecule has 0 fully saturated rings. The van der Waals surface area contributed by atoms with Crippen LogP contribution in [0, 0.1) is 17.3 Å². The number of hydrogen-bond donors (Lipinski definition) is 1. The lowest BCUT2D eigenvalue weighted by Crippen LogP contribution is -2.35. The molecule has 146 valence electrons. The van der Waals surface area contributed by atoms with Crippen LogP contribution >= 0.6 is 0 Å². The molecule has 0 saturated carbocycles. The molecule has 5 nitrogen and oxygen atoms in total. The molecule has 0 radical (unpaired) electrons. The summed E-state index contributed by atoms with van der Waals surface area (Å²) in [7, 11) is 1.65. The van der Waals surface area contributed by atoms with Crippen molar-refractivity contribution in [2.45, 2.75) is 85.7 Å². The molecule has 1 N–H and O–H groups in total. The Morgan fingerprint density at radius 1 is 1.12 bits per heavy atom. The molecule has 0 unspecified atom stereocenters. The maximum absolute atomic E-state index is 12.4. The Morgan fingerprint density at radius 3 is 2.28 bits per heavy atom. The molecule has 0 rings (SSSR count). The van der Waals surface area contributed by atoms with E-state index in [1.807, 2.05) is 6.92 Å². The van der Waals surface area contributed by atoms with Crippen LogP contribution in [-0.4, -0.2) is 31.3 Å². The third-order valence-corrected chi connectivity index (χ3v) is 4.58. The first-order valence-corrected chi connectivity index (χ1v) is 9.46. The Hall–Kier alpha value is -1.39. The van der Waals surface area contributed by atoms with Gasteiger partial charge in [-0.3, -0.25) is 9.59 Å². The van der Waals surface area contributed by atoms with Gasteiger partial charge < -0.3 is 14.8 Å². The summed E-state index contributed by atoms with van der Waals surface area (Å²) >= 11 is 0. The van der Waals surface area contributed by atoms with Crippen LogP contribution in [0.2, 0.25) is 0 Å². The summed E-state index contributed by atoms with van der Waals surface area (Å²) in [4.78, 5) is 34.0. The van der Waals surface area contributed by atoms with E-state index < -0.39 is 0 Å². The molecule has 1 amide bonds. The molecular formula is C20H37NO4. The van der Waals surface area contributed by atoms with Crippen molar-refractivity contribution in [2.75, 3.05) is 7.05 Å². The first-order valence-electron chi connectivity index (χ1n) is 9.46. The van der Waals surface area contributed by atoms with Crippen molar-refractivity contribution in [3.63, 3.8) is 0 Å². The molecule has 0 saturated heterocycles. The van der Waals surface area contributed by atoms with E-state index in [1.54, 1.807) is 7.05 Å². The van der Waals surface area contributed by atoms with Crippen LogP contribution < -0.4 is 5.32 Å². The van der Waals surface area contributed by atoms with Crippen molar-refractivity contribution in [1.82, 2.24) is 5.32 Å². The zero-order chi connectivity index (χ0) is 19.5. The summed E-state index contributed by atoms with van der Waals surface area (Å²) in [6.07, 6.45) is 5.73. The van der Waals surface area contributed by atoms with Crippen molar-refractivity contribution < 1.29 is 19.1 Å². The highest BCUT2D eigenvalue weighted by atomic mass is 16.5. The number of rotatable bonds is 12. The minimum atomic E-state index is -0.187. The van der Waals surface area contributed by atoms with Crippen LogP contribution in [0.25, 0.3) is 0 Å². The average Bonchev–Trinajstić information content (AvgIpc) is 2.53. The highest BCUT2D eigenvalue weighted by Gasteiger charge is 2.31. The van der Waals surface area contributed by atoms with Gasteiger partial charge in [0, 0.05) is 19.9 Å². The molecular weight excluding hydrogens is 318 g/mol. The van der Waals surface area contributed by atoms with E-state index in [-0.39, 0.29) is 29.3 Å². The highest BCUT2D eigenvalue weighted by molar-refractivity contribution is 5.75. The molecule has 25 heavy (non-hydrogen) atoms. The van der Waals surface area contributed by atoms with E-state index in [1.165, 1.54) is 0 Å². The van der Waals surface area contributed by atoms with Crippen LogP contribution in [0.5, 0.6) is 0 Å². The van der Waals surface area contributed by atoms with Gasteiger partial charge in [-0.05, 0) is 37.0 Å². The molecule has 3 atom stereocenters. The topological polar surface area (TPSA) is 72.5 Å². The number of hydrogen-bond acceptors (Lipinski definition) is 4. The molecule has 5 heteroatoms. The fraction of sp³-hybridized carbons (Fsp3) is 0.850. The molecule has 0 aliphatic carbocycles. The van der Waals surface area contributed by atoms with E-state index >= 15 is 0 Å². The maximum atomic E-state index is 12.4. The normalized spacial score (nSPS) is 15.1. The van der Waals surface area contributed by atoms with Gasteiger partial charge in [0.1, 0.15) is 12.4 Å². The molecule has 0 aromatic carbocycles. The second kappa shape index (κ2) is 12.0. The van der Waals surface area contributed by atoms with Crippen LogP contribution in [0.3, 0.4) is 0 Å². The monoisotopic (exact) mass is 355 g/mol. The lowest BCUT2D eigenvalue weighted by atomic mass is 9.82. The summed E-state index contributed by atoms with van der Waals surface area (Å²) in [6.45, 7) is 10.3. The fourth-order valence-electron chi connectivity index (χ4n) is 2.68. The fourth-order valence-corrected chi connectivity index (χ4v) is 2.68. The van der Waals surface area contributed by atoms with Gasteiger partial charge in [-0.1, -0.05) is 41.0 Å². The predicted octanol–water partition coefficient (Wildman–Crippen LogP) is 3.89. The molecule has 0 aromatic rings. The minimum Gasteiger partial charge on any atom is -0.462 e. The Kier molecular flexibility index (Phi) is 11.4. The smallest absolute Gasteiger partial charge is 0.308 e. The number of nitrogens with one attached hydrogen (secondary N) is 1. The third-order valence-electron chi connectivity index (χ3n) is 4.58. The molecule has 0 aliphatic rings. The quantitative estimate of drug-likeness (QED) is 0.327. The van der Waals surface area contributed by atoms with Gasteiger partial charge >= 0.3 is 5.97 Å². The standard InChI is InChI=1S/C20H37NO4/c1-15(10-9-12-18(23)21-6)14-17(20(3,4)5)25-19(24)16(2)11-7-8-13-22/h13,15-17H,7-12,14H2,1-6H3,(H,21,23)/t15-,16-,17-/m1/s1. The average molecular weight is 356 g/mol. The number of amides is 1. The predicted molar refractivity (Wildman–Crippen MR) is 100 cm³/mol. The zero-order valence-electron chi connectivity index (χ0n) is 16.9. The number of ether oxygens (including phenoxy) is 1. The van der Waals surface area contributed by atoms with E-state index in [4.69, 9.17) is 4.74 Å². The van der Waals surface area contributed by atoms with Crippen LogP contribution in [0.1, 0.15) is 79.6 Å².